The molecule has 7 heteroatoms. The van der Waals surface area contributed by atoms with Crippen LogP contribution < -0.4 is 5.32 Å². The van der Waals surface area contributed by atoms with Gasteiger partial charge in [0.15, 0.2) is 0 Å². The number of nitrogens with zero attached hydrogens (tertiary/aromatic N) is 1. The molecular weight excluding hydrogens is 384 g/mol. The lowest BCUT2D eigenvalue weighted by atomic mass is 9.94. The Morgan fingerprint density at radius 2 is 1.53 bits per heavy atom. The first kappa shape index (κ1) is 19.8. The summed E-state index contributed by atoms with van der Waals surface area (Å²) in [4.78, 5) is 51.2. The molecule has 0 bridgehead atoms. The number of hydrogen-bond donors (Lipinski definition) is 1. The zero-order valence-electron chi connectivity index (χ0n) is 16.6. The molecule has 0 radical (unpaired) electrons. The van der Waals surface area contributed by atoms with Crippen LogP contribution in [-0.2, 0) is 4.74 Å². The normalized spacial score (nSPS) is 16.4. The molecule has 0 spiro atoms. The van der Waals surface area contributed by atoms with Crippen LogP contribution in [-0.4, -0.2) is 41.7 Å². The largest absolute Gasteiger partial charge is 0.465 e. The Hall–Kier alpha value is -3.48. The van der Waals surface area contributed by atoms with Crippen LogP contribution in [0.25, 0.3) is 0 Å². The number of rotatable bonds is 4. The van der Waals surface area contributed by atoms with Crippen molar-refractivity contribution in [1.29, 1.82) is 0 Å². The van der Waals surface area contributed by atoms with Gasteiger partial charge in [0.2, 0.25) is 0 Å². The summed E-state index contributed by atoms with van der Waals surface area (Å²) in [6.45, 7) is 0. The van der Waals surface area contributed by atoms with Crippen LogP contribution in [0.15, 0.2) is 42.5 Å². The maximum atomic E-state index is 12.9. The van der Waals surface area contributed by atoms with Gasteiger partial charge in [0.25, 0.3) is 17.7 Å². The van der Waals surface area contributed by atoms with E-state index in [9.17, 15) is 19.2 Å². The summed E-state index contributed by atoms with van der Waals surface area (Å²) in [6.07, 6.45) is 4.83. The Bertz CT molecular complexity index is 1020. The number of esters is 1. The fourth-order valence-corrected chi connectivity index (χ4v) is 4.08. The van der Waals surface area contributed by atoms with E-state index in [4.69, 9.17) is 0 Å². The van der Waals surface area contributed by atoms with Crippen molar-refractivity contribution in [3.8, 4) is 0 Å². The smallest absolute Gasteiger partial charge is 0.337 e. The number of imide groups is 1. The third-order valence-electron chi connectivity index (χ3n) is 5.68. The number of anilines is 1. The molecule has 0 unspecified atom stereocenters. The molecule has 3 amide bonds. The molecule has 0 aromatic heterocycles. The van der Waals surface area contributed by atoms with E-state index in [1.54, 1.807) is 36.4 Å². The third kappa shape index (κ3) is 3.58. The van der Waals surface area contributed by atoms with Crippen LogP contribution in [0.5, 0.6) is 0 Å². The molecule has 1 aliphatic carbocycles. The molecule has 30 heavy (non-hydrogen) atoms. The second-order valence-electron chi connectivity index (χ2n) is 7.56. The topological polar surface area (TPSA) is 92.8 Å². The molecule has 1 aliphatic heterocycles. The number of amides is 3. The minimum absolute atomic E-state index is 0.0586. The molecule has 1 fully saturated rings. The van der Waals surface area contributed by atoms with Gasteiger partial charge in [-0.25, -0.2) is 4.79 Å². The van der Waals surface area contributed by atoms with E-state index in [1.165, 1.54) is 18.1 Å². The Labute approximate surface area is 174 Å². The van der Waals surface area contributed by atoms with Crippen molar-refractivity contribution in [3.63, 3.8) is 0 Å². The Morgan fingerprint density at radius 3 is 2.20 bits per heavy atom. The molecular formula is C23H22N2O5. The average molecular weight is 406 g/mol. The zero-order valence-corrected chi connectivity index (χ0v) is 16.6. The summed E-state index contributed by atoms with van der Waals surface area (Å²) in [5.74, 6) is -1.46. The highest BCUT2D eigenvalue weighted by molar-refractivity contribution is 6.22. The minimum Gasteiger partial charge on any atom is -0.465 e. The summed E-state index contributed by atoms with van der Waals surface area (Å²) in [7, 11) is 1.30. The van der Waals surface area contributed by atoms with Gasteiger partial charge in [-0.3, -0.25) is 19.3 Å². The molecule has 1 saturated carbocycles. The number of carbonyl (C=O) groups excluding carboxylic acids is 4. The average Bonchev–Trinajstić information content (AvgIpc) is 3.03. The van der Waals surface area contributed by atoms with Crippen LogP contribution in [0.3, 0.4) is 0 Å². The first-order valence-electron chi connectivity index (χ1n) is 10.0. The van der Waals surface area contributed by atoms with Crippen molar-refractivity contribution in [2.24, 2.45) is 0 Å². The Balaban J connectivity index is 1.51. The van der Waals surface area contributed by atoms with Crippen LogP contribution >= 0.6 is 0 Å². The minimum atomic E-state index is -0.461. The highest BCUT2D eigenvalue weighted by Gasteiger charge is 2.40. The highest BCUT2D eigenvalue weighted by atomic mass is 16.5. The first-order chi connectivity index (χ1) is 14.5. The molecule has 1 heterocycles. The molecule has 0 saturated heterocycles. The van der Waals surface area contributed by atoms with Gasteiger partial charge >= 0.3 is 5.97 Å². The summed E-state index contributed by atoms with van der Waals surface area (Å²) >= 11 is 0. The van der Waals surface area contributed by atoms with Crippen molar-refractivity contribution >= 4 is 29.4 Å². The van der Waals surface area contributed by atoms with Gasteiger partial charge in [-0.2, -0.15) is 0 Å². The lowest BCUT2D eigenvalue weighted by Crippen LogP contribution is -2.40. The highest BCUT2D eigenvalue weighted by Crippen LogP contribution is 2.31. The zero-order chi connectivity index (χ0) is 21.3. The quantitative estimate of drug-likeness (QED) is 0.618. The maximum Gasteiger partial charge on any atom is 0.337 e. The molecule has 2 aromatic carbocycles. The second-order valence-corrected chi connectivity index (χ2v) is 7.56. The summed E-state index contributed by atoms with van der Waals surface area (Å²) < 4.78 is 4.65. The lowest BCUT2D eigenvalue weighted by Gasteiger charge is -2.29. The molecule has 154 valence electrons. The molecule has 0 atom stereocenters. The summed E-state index contributed by atoms with van der Waals surface area (Å²) in [5, 5.41) is 2.73. The standard InChI is InChI=1S/C23H22N2O5/c1-30-23(29)14-7-10-16(11-8-14)24-20(26)15-9-12-18-19(13-15)22(28)25(21(18)27)17-5-3-2-4-6-17/h7-13,17H,2-6H2,1H3,(H,24,26). The number of methoxy groups -OCH3 is 1. The van der Waals surface area contributed by atoms with Crippen molar-refractivity contribution in [2.75, 3.05) is 12.4 Å². The van der Waals surface area contributed by atoms with Crippen LogP contribution in [0.2, 0.25) is 0 Å². The predicted molar refractivity (Wildman–Crippen MR) is 110 cm³/mol. The number of benzene rings is 2. The lowest BCUT2D eigenvalue weighted by molar-refractivity contribution is 0.0546. The fraction of sp³-hybridized carbons (Fsp3) is 0.304. The van der Waals surface area contributed by atoms with Crippen molar-refractivity contribution < 1.29 is 23.9 Å². The molecule has 1 N–H and O–H groups in total. The SMILES string of the molecule is COC(=O)c1ccc(NC(=O)c2ccc3c(c2)C(=O)N(C2CCCCC2)C3=O)cc1. The van der Waals surface area contributed by atoms with Gasteiger partial charge in [-0.05, 0) is 55.3 Å². The van der Waals surface area contributed by atoms with Gasteiger partial charge in [0.1, 0.15) is 0 Å². The van der Waals surface area contributed by atoms with Crippen LogP contribution in [0, 0.1) is 0 Å². The number of carbonyl (C=O) groups is 4. The van der Waals surface area contributed by atoms with E-state index in [0.29, 0.717) is 16.8 Å². The van der Waals surface area contributed by atoms with Gasteiger partial charge in [-0.15, -0.1) is 0 Å². The third-order valence-corrected chi connectivity index (χ3v) is 5.68. The monoisotopic (exact) mass is 406 g/mol. The van der Waals surface area contributed by atoms with Gasteiger partial charge in [-0.1, -0.05) is 19.3 Å². The molecule has 4 rings (SSSR count). The molecule has 2 aliphatic rings. The summed E-state index contributed by atoms with van der Waals surface area (Å²) in [5.41, 5.74) is 1.79. The second kappa shape index (κ2) is 8.10. The first-order valence-corrected chi connectivity index (χ1v) is 10.0. The number of ether oxygens (including phenoxy) is 1. The maximum absolute atomic E-state index is 12.9. The fourth-order valence-electron chi connectivity index (χ4n) is 4.08. The summed E-state index contributed by atoms with van der Waals surface area (Å²) in [6, 6.07) is 10.8. The van der Waals surface area contributed by atoms with Gasteiger partial charge < -0.3 is 10.1 Å². The van der Waals surface area contributed by atoms with Crippen LogP contribution in [0.4, 0.5) is 5.69 Å². The molecule has 2 aromatic rings. The van der Waals surface area contributed by atoms with E-state index in [0.717, 1.165) is 32.1 Å². The number of hydrogen-bond acceptors (Lipinski definition) is 5. The van der Waals surface area contributed by atoms with Crippen LogP contribution in [0.1, 0.15) is 73.5 Å². The van der Waals surface area contributed by atoms with Crippen molar-refractivity contribution in [3.05, 3.63) is 64.7 Å². The van der Waals surface area contributed by atoms with E-state index in [1.807, 2.05) is 0 Å². The van der Waals surface area contributed by atoms with Gasteiger partial charge in [0, 0.05) is 17.3 Å². The van der Waals surface area contributed by atoms with E-state index in [-0.39, 0.29) is 29.0 Å². The van der Waals surface area contributed by atoms with E-state index < -0.39 is 11.9 Å². The predicted octanol–water partition coefficient (Wildman–Crippen LogP) is 3.65. The van der Waals surface area contributed by atoms with Crippen molar-refractivity contribution in [2.45, 2.75) is 38.1 Å². The molecule has 7 nitrogen and oxygen atoms in total. The Kier molecular flexibility index (Phi) is 5.35. The van der Waals surface area contributed by atoms with Crippen molar-refractivity contribution in [1.82, 2.24) is 4.90 Å². The van der Waals surface area contributed by atoms with Gasteiger partial charge in [0.05, 0.1) is 23.8 Å². The van der Waals surface area contributed by atoms with E-state index in [2.05, 4.69) is 10.1 Å². The Morgan fingerprint density at radius 1 is 0.900 bits per heavy atom. The number of nitrogens with one attached hydrogen (secondary N) is 1. The van der Waals surface area contributed by atoms with E-state index >= 15 is 0 Å². The number of fused-ring (bicyclic) bond motifs is 1.